The molecular weight excluding hydrogens is 188 g/mol. The molecule has 1 atom stereocenters. The Hall–Kier alpha value is -0.690. The van der Waals surface area contributed by atoms with Gasteiger partial charge in [0, 0.05) is 0 Å². The molecule has 0 N–H and O–H groups in total. The lowest BCUT2D eigenvalue weighted by molar-refractivity contribution is 0.574. The second-order valence-electron chi connectivity index (χ2n) is 3.51. The predicted octanol–water partition coefficient (Wildman–Crippen LogP) is 2.90. The summed E-state index contributed by atoms with van der Waals surface area (Å²) >= 11 is 0. The third kappa shape index (κ3) is 2.63. The van der Waals surface area contributed by atoms with Crippen molar-refractivity contribution in [2.24, 2.45) is 0 Å². The van der Waals surface area contributed by atoms with Crippen LogP contribution in [-0.2, 0) is 4.57 Å². The van der Waals surface area contributed by atoms with Gasteiger partial charge in [-0.05, 0) is 32.4 Å². The number of rotatable bonds is 2. The van der Waals surface area contributed by atoms with Crippen molar-refractivity contribution >= 4 is 7.14 Å². The van der Waals surface area contributed by atoms with Crippen molar-refractivity contribution in [2.75, 3.05) is 13.3 Å². The Balaban J connectivity index is 2.97. The van der Waals surface area contributed by atoms with Crippen LogP contribution in [0.25, 0.3) is 0 Å². The molecule has 1 rings (SSSR count). The fourth-order valence-electron chi connectivity index (χ4n) is 0.953. The van der Waals surface area contributed by atoms with Crippen LogP contribution in [0.2, 0.25) is 0 Å². The Labute approximate surface area is 77.6 Å². The minimum Gasteiger partial charge on any atom is -0.323 e. The highest BCUT2D eigenvalue weighted by molar-refractivity contribution is 7.62. The van der Waals surface area contributed by atoms with Gasteiger partial charge in [0.15, 0.2) is 0 Å². The van der Waals surface area contributed by atoms with Crippen LogP contribution in [0.15, 0.2) is 18.3 Å². The van der Waals surface area contributed by atoms with Gasteiger partial charge in [0.2, 0.25) is 0 Å². The van der Waals surface area contributed by atoms with Crippen molar-refractivity contribution in [1.29, 1.82) is 0 Å². The maximum atomic E-state index is 12.5. The fraction of sp³-hybridized carbons (Fsp3) is 0.444. The van der Waals surface area contributed by atoms with Crippen LogP contribution in [0.5, 0.6) is 0 Å². The summed E-state index contributed by atoms with van der Waals surface area (Å²) in [6.07, 6.45) is 1.15. The maximum absolute atomic E-state index is 12.5. The maximum Gasteiger partial charge on any atom is 0.141 e. The molecule has 13 heavy (non-hydrogen) atoms. The molecule has 0 aromatic carbocycles. The van der Waals surface area contributed by atoms with E-state index in [0.717, 1.165) is 6.20 Å². The van der Waals surface area contributed by atoms with Gasteiger partial charge < -0.3 is 4.57 Å². The van der Waals surface area contributed by atoms with E-state index in [1.807, 2.05) is 6.92 Å². The van der Waals surface area contributed by atoms with Gasteiger partial charge in [0.1, 0.15) is 5.82 Å². The van der Waals surface area contributed by atoms with Gasteiger partial charge in [-0.3, -0.25) is 4.98 Å². The molecule has 4 heteroatoms. The Kier molecular flexibility index (Phi) is 2.87. The van der Waals surface area contributed by atoms with Crippen molar-refractivity contribution in [2.45, 2.75) is 12.6 Å². The molecule has 0 aliphatic rings. The van der Waals surface area contributed by atoms with E-state index in [9.17, 15) is 8.96 Å². The zero-order chi connectivity index (χ0) is 10.1. The van der Waals surface area contributed by atoms with Gasteiger partial charge in [0.25, 0.3) is 0 Å². The quantitative estimate of drug-likeness (QED) is 0.688. The van der Waals surface area contributed by atoms with Gasteiger partial charge in [0.05, 0.1) is 24.7 Å². The summed E-state index contributed by atoms with van der Waals surface area (Å²) in [5.41, 5.74) is 0.586. The van der Waals surface area contributed by atoms with E-state index in [0.29, 0.717) is 5.69 Å². The van der Waals surface area contributed by atoms with Crippen LogP contribution in [0.3, 0.4) is 0 Å². The average molecular weight is 201 g/mol. The SMILES string of the molecule is CC(c1ccc(F)cn1)P(C)(C)=O. The summed E-state index contributed by atoms with van der Waals surface area (Å²) < 4.78 is 24.2. The molecule has 0 saturated carbocycles. The first kappa shape index (κ1) is 10.4. The van der Waals surface area contributed by atoms with Crippen molar-refractivity contribution in [3.8, 4) is 0 Å². The monoisotopic (exact) mass is 201 g/mol. The molecule has 0 spiro atoms. The van der Waals surface area contributed by atoms with Crippen molar-refractivity contribution in [3.05, 3.63) is 29.8 Å². The van der Waals surface area contributed by atoms with E-state index in [2.05, 4.69) is 4.98 Å². The summed E-state index contributed by atoms with van der Waals surface area (Å²) in [4.78, 5) is 3.90. The minimum atomic E-state index is -2.18. The smallest absolute Gasteiger partial charge is 0.141 e. The van der Waals surface area contributed by atoms with Gasteiger partial charge in [-0.25, -0.2) is 4.39 Å². The third-order valence-corrected chi connectivity index (χ3v) is 4.24. The number of pyridine rings is 1. The molecule has 0 aliphatic carbocycles. The Morgan fingerprint density at radius 1 is 1.46 bits per heavy atom. The second-order valence-corrected chi connectivity index (χ2v) is 7.15. The Morgan fingerprint density at radius 3 is 2.46 bits per heavy atom. The van der Waals surface area contributed by atoms with E-state index in [4.69, 9.17) is 0 Å². The number of hydrogen-bond acceptors (Lipinski definition) is 2. The number of aromatic nitrogens is 1. The molecule has 0 saturated heterocycles. The summed E-state index contributed by atoms with van der Waals surface area (Å²) in [5.74, 6) is -0.363. The second kappa shape index (κ2) is 3.59. The molecule has 0 radical (unpaired) electrons. The van der Waals surface area contributed by atoms with Crippen LogP contribution in [-0.4, -0.2) is 18.3 Å². The van der Waals surface area contributed by atoms with Crippen LogP contribution >= 0.6 is 7.14 Å². The Morgan fingerprint density at radius 2 is 2.08 bits per heavy atom. The molecule has 1 unspecified atom stereocenters. The number of halogens is 1. The summed E-state index contributed by atoms with van der Waals surface area (Å²) in [7, 11) is -2.18. The van der Waals surface area contributed by atoms with Gasteiger partial charge in [-0.15, -0.1) is 0 Å². The van der Waals surface area contributed by atoms with E-state index in [1.165, 1.54) is 6.07 Å². The van der Waals surface area contributed by atoms with Crippen LogP contribution < -0.4 is 0 Å². The molecule has 1 aromatic heterocycles. The van der Waals surface area contributed by atoms with Gasteiger partial charge in [-0.2, -0.15) is 0 Å². The highest BCUT2D eigenvalue weighted by Crippen LogP contribution is 2.51. The van der Waals surface area contributed by atoms with Crippen LogP contribution in [0.4, 0.5) is 4.39 Å². The van der Waals surface area contributed by atoms with Crippen molar-refractivity contribution in [3.63, 3.8) is 0 Å². The summed E-state index contributed by atoms with van der Waals surface area (Å²) in [5, 5.41) is 0. The highest BCUT2D eigenvalue weighted by atomic mass is 31.2. The lowest BCUT2D eigenvalue weighted by Crippen LogP contribution is -1.97. The zero-order valence-electron chi connectivity index (χ0n) is 7.99. The molecule has 0 fully saturated rings. The first-order valence-electron chi connectivity index (χ1n) is 4.07. The molecule has 0 bridgehead atoms. The molecule has 0 amide bonds. The number of hydrogen-bond donors (Lipinski definition) is 0. The lowest BCUT2D eigenvalue weighted by atomic mass is 10.3. The third-order valence-electron chi connectivity index (χ3n) is 2.11. The Bertz CT molecular complexity index is 330. The van der Waals surface area contributed by atoms with E-state index in [-0.39, 0.29) is 11.5 Å². The molecule has 2 nitrogen and oxygen atoms in total. The first-order chi connectivity index (χ1) is 5.91. The molecule has 1 aromatic rings. The van der Waals surface area contributed by atoms with E-state index < -0.39 is 7.14 Å². The van der Waals surface area contributed by atoms with Crippen LogP contribution in [0.1, 0.15) is 18.3 Å². The molecular formula is C9H13FNOP. The van der Waals surface area contributed by atoms with Crippen LogP contribution in [0, 0.1) is 5.82 Å². The minimum absolute atomic E-state index is 0.104. The first-order valence-corrected chi connectivity index (χ1v) is 6.74. The topological polar surface area (TPSA) is 30.0 Å². The lowest BCUT2D eigenvalue weighted by Gasteiger charge is -2.15. The zero-order valence-corrected chi connectivity index (χ0v) is 8.88. The van der Waals surface area contributed by atoms with Crippen molar-refractivity contribution in [1.82, 2.24) is 4.98 Å². The summed E-state index contributed by atoms with van der Waals surface area (Å²) in [6.45, 7) is 5.27. The molecule has 72 valence electrons. The highest BCUT2D eigenvalue weighted by Gasteiger charge is 2.20. The summed E-state index contributed by atoms with van der Waals surface area (Å²) in [6, 6.07) is 2.92. The molecule has 1 heterocycles. The predicted molar refractivity (Wildman–Crippen MR) is 52.1 cm³/mol. The average Bonchev–Trinajstić information content (AvgIpc) is 2.03. The van der Waals surface area contributed by atoms with E-state index >= 15 is 0 Å². The standard InChI is InChI=1S/C9H13FNOP/c1-7(13(2,3)12)9-5-4-8(10)6-11-9/h4-7H,1-3H3. The van der Waals surface area contributed by atoms with Gasteiger partial charge >= 0.3 is 0 Å². The fourth-order valence-corrected chi connectivity index (χ4v) is 1.74. The number of nitrogens with zero attached hydrogens (tertiary/aromatic N) is 1. The molecule has 0 aliphatic heterocycles. The van der Waals surface area contributed by atoms with Gasteiger partial charge in [-0.1, -0.05) is 0 Å². The largest absolute Gasteiger partial charge is 0.323 e. The normalized spacial score (nSPS) is 14.2. The van der Waals surface area contributed by atoms with E-state index in [1.54, 1.807) is 19.4 Å². The van der Waals surface area contributed by atoms with Crippen molar-refractivity contribution < 1.29 is 8.96 Å².